The van der Waals surface area contributed by atoms with Gasteiger partial charge in [0.1, 0.15) is 11.9 Å². The molecule has 1 N–H and O–H groups in total. The fourth-order valence-corrected chi connectivity index (χ4v) is 1.84. The monoisotopic (exact) mass is 222 g/mol. The summed E-state index contributed by atoms with van der Waals surface area (Å²) >= 11 is 0. The normalized spacial score (nSPS) is 12.2. The van der Waals surface area contributed by atoms with Crippen LogP contribution in [0.15, 0.2) is 12.1 Å². The van der Waals surface area contributed by atoms with Gasteiger partial charge in [0.15, 0.2) is 0 Å². The molecule has 0 aliphatic heterocycles. The Morgan fingerprint density at radius 3 is 2.25 bits per heavy atom. The van der Waals surface area contributed by atoms with Gasteiger partial charge >= 0.3 is 5.97 Å². The van der Waals surface area contributed by atoms with Crippen molar-refractivity contribution in [3.63, 3.8) is 0 Å². The van der Waals surface area contributed by atoms with Crippen LogP contribution < -0.4 is 4.74 Å². The maximum Gasteiger partial charge on any atom is 0.307 e. The van der Waals surface area contributed by atoms with Crippen LogP contribution in [0.4, 0.5) is 0 Å². The lowest BCUT2D eigenvalue weighted by Crippen LogP contribution is -2.17. The van der Waals surface area contributed by atoms with E-state index < -0.39 is 5.97 Å². The van der Waals surface area contributed by atoms with Gasteiger partial charge < -0.3 is 9.84 Å². The van der Waals surface area contributed by atoms with Gasteiger partial charge in [0.25, 0.3) is 0 Å². The first kappa shape index (κ1) is 12.6. The number of benzene rings is 1. The highest BCUT2D eigenvalue weighted by Gasteiger charge is 2.12. The number of hydrogen-bond acceptors (Lipinski definition) is 2. The summed E-state index contributed by atoms with van der Waals surface area (Å²) in [6, 6.07) is 4.08. The first-order valence-corrected chi connectivity index (χ1v) is 5.36. The molecule has 1 aromatic carbocycles. The third kappa shape index (κ3) is 3.26. The van der Waals surface area contributed by atoms with Gasteiger partial charge in [-0.05, 0) is 38.8 Å². The first-order chi connectivity index (χ1) is 7.40. The lowest BCUT2D eigenvalue weighted by Gasteiger charge is -2.17. The Balaban J connectivity index is 2.85. The molecule has 0 bridgehead atoms. The predicted molar refractivity (Wildman–Crippen MR) is 63.0 cm³/mol. The third-order valence-corrected chi connectivity index (χ3v) is 2.39. The van der Waals surface area contributed by atoms with Crippen molar-refractivity contribution in [3.05, 3.63) is 28.8 Å². The number of ether oxygens (including phenoxy) is 1. The summed E-state index contributed by atoms with van der Waals surface area (Å²) in [5, 5.41) is 8.66. The van der Waals surface area contributed by atoms with Crippen LogP contribution in [0.1, 0.15) is 30.0 Å². The fraction of sp³-hybridized carbons (Fsp3) is 0.462. The molecule has 0 radical (unpaired) electrons. The van der Waals surface area contributed by atoms with E-state index in [0.29, 0.717) is 0 Å². The number of aryl methyl sites for hydroxylation is 3. The molecule has 0 spiro atoms. The largest absolute Gasteiger partial charge is 0.490 e. The molecule has 0 aliphatic rings. The van der Waals surface area contributed by atoms with E-state index in [9.17, 15) is 4.79 Å². The van der Waals surface area contributed by atoms with Crippen LogP contribution in [-0.4, -0.2) is 17.2 Å². The molecule has 16 heavy (non-hydrogen) atoms. The van der Waals surface area contributed by atoms with Crippen LogP contribution in [0, 0.1) is 20.8 Å². The van der Waals surface area contributed by atoms with Gasteiger partial charge in [0, 0.05) is 0 Å². The molecule has 1 rings (SSSR count). The van der Waals surface area contributed by atoms with E-state index >= 15 is 0 Å². The average Bonchev–Trinajstić information content (AvgIpc) is 2.09. The predicted octanol–water partition coefficient (Wildman–Crippen LogP) is 2.85. The highest BCUT2D eigenvalue weighted by atomic mass is 16.5. The molecule has 3 nitrogen and oxygen atoms in total. The smallest absolute Gasteiger partial charge is 0.307 e. The second-order valence-electron chi connectivity index (χ2n) is 4.25. The quantitative estimate of drug-likeness (QED) is 0.852. The van der Waals surface area contributed by atoms with E-state index in [1.807, 2.05) is 32.9 Å². The molecule has 0 heterocycles. The van der Waals surface area contributed by atoms with Gasteiger partial charge in [-0.25, -0.2) is 0 Å². The van der Waals surface area contributed by atoms with Crippen molar-refractivity contribution in [2.75, 3.05) is 0 Å². The minimum atomic E-state index is -0.838. The number of carboxylic acids is 1. The van der Waals surface area contributed by atoms with Crippen molar-refractivity contribution >= 4 is 5.97 Å². The van der Waals surface area contributed by atoms with Crippen LogP contribution in [-0.2, 0) is 4.79 Å². The Labute approximate surface area is 96.1 Å². The maximum atomic E-state index is 10.5. The summed E-state index contributed by atoms with van der Waals surface area (Å²) in [6.07, 6.45) is -0.287. The summed E-state index contributed by atoms with van der Waals surface area (Å²) in [5.41, 5.74) is 3.29. The number of hydrogen-bond donors (Lipinski definition) is 1. The van der Waals surface area contributed by atoms with E-state index in [-0.39, 0.29) is 12.5 Å². The maximum absolute atomic E-state index is 10.5. The summed E-state index contributed by atoms with van der Waals surface area (Å²) in [4.78, 5) is 10.5. The van der Waals surface area contributed by atoms with E-state index in [4.69, 9.17) is 9.84 Å². The molecule has 88 valence electrons. The second-order valence-corrected chi connectivity index (χ2v) is 4.25. The molecule has 1 atom stereocenters. The van der Waals surface area contributed by atoms with E-state index in [2.05, 4.69) is 0 Å². The van der Waals surface area contributed by atoms with Crippen LogP contribution >= 0.6 is 0 Å². The van der Waals surface area contributed by atoms with Crippen molar-refractivity contribution in [2.45, 2.75) is 40.2 Å². The van der Waals surface area contributed by atoms with Crippen LogP contribution in [0.2, 0.25) is 0 Å². The topological polar surface area (TPSA) is 46.5 Å². The summed E-state index contributed by atoms with van der Waals surface area (Å²) in [5.74, 6) is -0.0331. The highest BCUT2D eigenvalue weighted by molar-refractivity contribution is 5.67. The standard InChI is InChI=1S/C13H18O3/c1-8-5-9(2)13(10(3)6-8)16-11(4)7-12(14)15/h5-6,11H,7H2,1-4H3,(H,14,15)/t11-/m1/s1. The molecule has 0 saturated heterocycles. The molecule has 0 amide bonds. The minimum Gasteiger partial charge on any atom is -0.490 e. The van der Waals surface area contributed by atoms with Gasteiger partial charge in [-0.3, -0.25) is 4.79 Å². The lowest BCUT2D eigenvalue weighted by molar-refractivity contribution is -0.138. The van der Waals surface area contributed by atoms with Gasteiger partial charge in [-0.2, -0.15) is 0 Å². The third-order valence-electron chi connectivity index (χ3n) is 2.39. The van der Waals surface area contributed by atoms with E-state index in [1.54, 1.807) is 6.92 Å². The molecule has 0 aromatic heterocycles. The molecule has 1 aromatic rings. The molecule has 0 unspecified atom stereocenters. The molecule has 3 heteroatoms. The number of carboxylic acid groups (broad SMARTS) is 1. The van der Waals surface area contributed by atoms with E-state index in [0.717, 1.165) is 16.9 Å². The zero-order valence-electron chi connectivity index (χ0n) is 10.2. The van der Waals surface area contributed by atoms with Crippen molar-refractivity contribution in [1.82, 2.24) is 0 Å². The van der Waals surface area contributed by atoms with Gasteiger partial charge in [-0.15, -0.1) is 0 Å². The SMILES string of the molecule is Cc1cc(C)c(O[C@H](C)CC(=O)O)c(C)c1. The minimum absolute atomic E-state index is 0.0206. The average molecular weight is 222 g/mol. The Morgan fingerprint density at radius 2 is 1.81 bits per heavy atom. The number of carbonyl (C=O) groups is 1. The summed E-state index contributed by atoms with van der Waals surface area (Å²) in [6.45, 7) is 7.75. The van der Waals surface area contributed by atoms with Gasteiger partial charge in [0.05, 0.1) is 6.42 Å². The summed E-state index contributed by atoms with van der Waals surface area (Å²) in [7, 11) is 0. The molecule has 0 saturated carbocycles. The van der Waals surface area contributed by atoms with Crippen molar-refractivity contribution in [3.8, 4) is 5.75 Å². The molecule has 0 aliphatic carbocycles. The van der Waals surface area contributed by atoms with Crippen molar-refractivity contribution in [1.29, 1.82) is 0 Å². The Bertz CT molecular complexity index is 373. The second kappa shape index (κ2) is 5.01. The van der Waals surface area contributed by atoms with Crippen molar-refractivity contribution < 1.29 is 14.6 Å². The number of rotatable bonds is 4. The van der Waals surface area contributed by atoms with Gasteiger partial charge in [-0.1, -0.05) is 17.7 Å². The Morgan fingerprint density at radius 1 is 1.31 bits per heavy atom. The van der Waals surface area contributed by atoms with Crippen molar-refractivity contribution in [2.24, 2.45) is 0 Å². The highest BCUT2D eigenvalue weighted by Crippen LogP contribution is 2.25. The Kier molecular flexibility index (Phi) is 3.93. The van der Waals surface area contributed by atoms with E-state index in [1.165, 1.54) is 5.56 Å². The fourth-order valence-electron chi connectivity index (χ4n) is 1.84. The zero-order valence-corrected chi connectivity index (χ0v) is 10.2. The summed E-state index contributed by atoms with van der Waals surface area (Å²) < 4.78 is 5.66. The molecular weight excluding hydrogens is 204 g/mol. The van der Waals surface area contributed by atoms with Gasteiger partial charge in [0.2, 0.25) is 0 Å². The Hall–Kier alpha value is -1.51. The number of aliphatic carboxylic acids is 1. The van der Waals surface area contributed by atoms with Crippen LogP contribution in [0.3, 0.4) is 0 Å². The van der Waals surface area contributed by atoms with Crippen LogP contribution in [0.25, 0.3) is 0 Å². The zero-order chi connectivity index (χ0) is 12.3. The lowest BCUT2D eigenvalue weighted by atomic mass is 10.1. The first-order valence-electron chi connectivity index (χ1n) is 5.36. The molecular formula is C13H18O3. The van der Waals surface area contributed by atoms with Crippen LogP contribution in [0.5, 0.6) is 5.75 Å². The molecule has 0 fully saturated rings.